The number of nitrogens with zero attached hydrogens (tertiary/aromatic N) is 6. The van der Waals surface area contributed by atoms with Gasteiger partial charge in [-0.25, -0.2) is 13.9 Å². The first kappa shape index (κ1) is 21.6. The zero-order valence-electron chi connectivity index (χ0n) is 18.4. The molecule has 1 saturated heterocycles. The molecular weight excluding hydrogens is 441 g/mol. The number of hydrogen-bond acceptors (Lipinski definition) is 6. The van der Waals surface area contributed by atoms with Gasteiger partial charge < -0.3 is 15.0 Å². The summed E-state index contributed by atoms with van der Waals surface area (Å²) in [5.41, 5.74) is 2.21. The smallest absolute Gasteiger partial charge is 0.274 e. The molecule has 0 radical (unpaired) electrons. The molecule has 0 unspecified atom stereocenters. The number of alkyl halides is 1. The minimum Gasteiger partial charge on any atom is -0.491 e. The van der Waals surface area contributed by atoms with Crippen LogP contribution in [0, 0.1) is 0 Å². The van der Waals surface area contributed by atoms with Gasteiger partial charge in [0.2, 0.25) is 0 Å². The van der Waals surface area contributed by atoms with Crippen molar-refractivity contribution in [3.8, 4) is 17.1 Å². The number of rotatable bonds is 7. The average Bonchev–Trinajstić information content (AvgIpc) is 3.40. The first-order valence-electron chi connectivity index (χ1n) is 10.8. The second-order valence-electron chi connectivity index (χ2n) is 7.85. The molecule has 0 atom stereocenters. The highest BCUT2D eigenvalue weighted by Gasteiger charge is 2.28. The summed E-state index contributed by atoms with van der Waals surface area (Å²) < 4.78 is 20.7. The molecule has 174 valence electrons. The predicted molar refractivity (Wildman–Crippen MR) is 122 cm³/mol. The first-order valence-corrected chi connectivity index (χ1v) is 10.8. The van der Waals surface area contributed by atoms with Crippen LogP contribution < -0.4 is 10.1 Å². The van der Waals surface area contributed by atoms with E-state index in [-0.39, 0.29) is 23.8 Å². The molecule has 0 spiro atoms. The lowest BCUT2D eigenvalue weighted by atomic mass is 10.1. The number of fused-ring (bicyclic) bond motifs is 1. The number of pyridine rings is 1. The van der Waals surface area contributed by atoms with E-state index in [4.69, 9.17) is 4.74 Å². The van der Waals surface area contributed by atoms with Gasteiger partial charge in [-0.15, -0.1) is 5.10 Å². The van der Waals surface area contributed by atoms with Crippen molar-refractivity contribution in [1.82, 2.24) is 29.3 Å². The van der Waals surface area contributed by atoms with Crippen LogP contribution in [0.5, 0.6) is 5.75 Å². The molecule has 1 aliphatic heterocycles. The van der Waals surface area contributed by atoms with Crippen LogP contribution in [0.15, 0.2) is 48.8 Å². The number of carbonyl (C=O) groups is 2. The predicted octanol–water partition coefficient (Wildman–Crippen LogP) is 2.58. The summed E-state index contributed by atoms with van der Waals surface area (Å²) >= 11 is 0. The van der Waals surface area contributed by atoms with Gasteiger partial charge in [0.05, 0.1) is 11.8 Å². The fourth-order valence-corrected chi connectivity index (χ4v) is 3.71. The van der Waals surface area contributed by atoms with Gasteiger partial charge in [0.1, 0.15) is 24.7 Å². The van der Waals surface area contributed by atoms with Crippen LogP contribution in [0.25, 0.3) is 17.0 Å². The molecule has 4 aromatic rings. The van der Waals surface area contributed by atoms with Crippen molar-refractivity contribution in [3.63, 3.8) is 0 Å². The number of aryl methyl sites for hydroxylation is 1. The van der Waals surface area contributed by atoms with Crippen LogP contribution in [0.2, 0.25) is 0 Å². The van der Waals surface area contributed by atoms with E-state index in [1.54, 1.807) is 53.0 Å². The van der Waals surface area contributed by atoms with E-state index in [0.717, 1.165) is 12.0 Å². The van der Waals surface area contributed by atoms with E-state index in [9.17, 15) is 14.0 Å². The Bertz CT molecular complexity index is 1380. The summed E-state index contributed by atoms with van der Waals surface area (Å²) in [4.78, 5) is 31.9. The summed E-state index contributed by atoms with van der Waals surface area (Å²) in [5, 5.41) is 11.4. The van der Waals surface area contributed by atoms with Crippen molar-refractivity contribution in [2.24, 2.45) is 7.05 Å². The van der Waals surface area contributed by atoms with Crippen LogP contribution in [-0.2, 0) is 7.05 Å². The van der Waals surface area contributed by atoms with Gasteiger partial charge in [-0.05, 0) is 24.6 Å². The Labute approximate surface area is 194 Å². The number of amides is 2. The standard InChI is InChI=1S/C23H22FN7O3/c1-29-20(18(14-25-29)23(33)30-8-3-9-30)22(32)26-16-6-10-31-19(13-16)27-21(28-31)15-4-2-5-17(12-15)34-11-7-24/h2,4-6,10,12-14H,3,7-9,11H2,1H3,(H,26,32). The number of benzene rings is 1. The summed E-state index contributed by atoms with van der Waals surface area (Å²) in [6, 6.07) is 10.5. The summed E-state index contributed by atoms with van der Waals surface area (Å²) in [5.74, 6) is 0.357. The molecule has 1 aliphatic rings. The van der Waals surface area contributed by atoms with Gasteiger partial charge in [-0.2, -0.15) is 5.10 Å². The molecule has 1 fully saturated rings. The van der Waals surface area contributed by atoms with Gasteiger partial charge in [0.25, 0.3) is 11.8 Å². The molecule has 4 heterocycles. The van der Waals surface area contributed by atoms with E-state index < -0.39 is 12.6 Å². The number of halogens is 1. The third kappa shape index (κ3) is 4.07. The molecule has 0 aliphatic carbocycles. The van der Waals surface area contributed by atoms with Crippen molar-refractivity contribution in [1.29, 1.82) is 0 Å². The third-order valence-electron chi connectivity index (χ3n) is 5.56. The lowest BCUT2D eigenvalue weighted by Gasteiger charge is -2.30. The molecule has 1 aromatic carbocycles. The van der Waals surface area contributed by atoms with Crippen molar-refractivity contribution >= 4 is 23.1 Å². The molecule has 5 rings (SSSR count). The summed E-state index contributed by atoms with van der Waals surface area (Å²) in [7, 11) is 1.63. The molecule has 10 nitrogen and oxygen atoms in total. The molecule has 3 aromatic heterocycles. The first-order chi connectivity index (χ1) is 16.5. The van der Waals surface area contributed by atoms with Gasteiger partial charge in [0.15, 0.2) is 11.5 Å². The Morgan fingerprint density at radius 2 is 2.06 bits per heavy atom. The molecule has 1 N–H and O–H groups in total. The number of carbonyl (C=O) groups excluding carboxylic acids is 2. The van der Waals surface area contributed by atoms with Gasteiger partial charge in [-0.3, -0.25) is 14.3 Å². The Morgan fingerprint density at radius 1 is 1.21 bits per heavy atom. The minimum absolute atomic E-state index is 0.0207. The van der Waals surface area contributed by atoms with Crippen LogP contribution in [0.4, 0.5) is 10.1 Å². The third-order valence-corrected chi connectivity index (χ3v) is 5.56. The lowest BCUT2D eigenvalue weighted by molar-refractivity contribution is 0.0648. The fourth-order valence-electron chi connectivity index (χ4n) is 3.71. The number of aromatic nitrogens is 5. The normalized spacial score (nSPS) is 13.1. The molecule has 0 bridgehead atoms. The second-order valence-corrected chi connectivity index (χ2v) is 7.85. The Balaban J connectivity index is 1.37. The van der Waals surface area contributed by atoms with Crippen LogP contribution >= 0.6 is 0 Å². The highest BCUT2D eigenvalue weighted by atomic mass is 19.1. The number of nitrogens with one attached hydrogen (secondary N) is 1. The zero-order chi connectivity index (χ0) is 23.7. The number of anilines is 1. The summed E-state index contributed by atoms with van der Waals surface area (Å²) in [6.45, 7) is 0.780. The van der Waals surface area contributed by atoms with Crippen molar-refractivity contribution in [2.45, 2.75) is 6.42 Å². The summed E-state index contributed by atoms with van der Waals surface area (Å²) in [6.07, 6.45) is 4.07. The number of hydrogen-bond donors (Lipinski definition) is 1. The van der Waals surface area contributed by atoms with Crippen LogP contribution in [0.1, 0.15) is 27.3 Å². The van der Waals surface area contributed by atoms with Crippen molar-refractivity contribution in [2.75, 3.05) is 31.7 Å². The van der Waals surface area contributed by atoms with Crippen molar-refractivity contribution in [3.05, 3.63) is 60.0 Å². The average molecular weight is 463 g/mol. The number of likely N-dealkylation sites (tertiary alicyclic amines) is 1. The minimum atomic E-state index is -0.571. The molecular formula is C23H22FN7O3. The monoisotopic (exact) mass is 463 g/mol. The van der Waals surface area contributed by atoms with Crippen LogP contribution in [0.3, 0.4) is 0 Å². The molecule has 2 amide bonds. The van der Waals surface area contributed by atoms with E-state index in [2.05, 4.69) is 20.5 Å². The lowest BCUT2D eigenvalue weighted by Crippen LogP contribution is -2.42. The quantitative estimate of drug-likeness (QED) is 0.452. The van der Waals surface area contributed by atoms with E-state index in [1.807, 2.05) is 6.07 Å². The van der Waals surface area contributed by atoms with Crippen LogP contribution in [-0.4, -0.2) is 67.5 Å². The zero-order valence-corrected chi connectivity index (χ0v) is 18.4. The molecule has 11 heteroatoms. The second kappa shape index (κ2) is 8.93. The van der Waals surface area contributed by atoms with Crippen molar-refractivity contribution < 1.29 is 18.7 Å². The molecule has 34 heavy (non-hydrogen) atoms. The van der Waals surface area contributed by atoms with E-state index in [0.29, 0.717) is 36.0 Å². The Hall–Kier alpha value is -4.28. The SMILES string of the molecule is Cn1ncc(C(=O)N2CCC2)c1C(=O)Nc1ccn2nc(-c3cccc(OCCF)c3)nc2c1. The Morgan fingerprint density at radius 3 is 2.82 bits per heavy atom. The van der Waals surface area contributed by atoms with Gasteiger partial charge in [-0.1, -0.05) is 12.1 Å². The maximum atomic E-state index is 13.0. The Kier molecular flexibility index (Phi) is 5.66. The fraction of sp³-hybridized carbons (Fsp3) is 0.261. The van der Waals surface area contributed by atoms with Gasteiger partial charge >= 0.3 is 0 Å². The molecule has 0 saturated carbocycles. The highest BCUT2D eigenvalue weighted by Crippen LogP contribution is 2.23. The maximum absolute atomic E-state index is 13.0. The maximum Gasteiger partial charge on any atom is 0.274 e. The largest absolute Gasteiger partial charge is 0.491 e. The number of ether oxygens (including phenoxy) is 1. The topological polar surface area (TPSA) is 107 Å². The van der Waals surface area contributed by atoms with E-state index >= 15 is 0 Å². The van der Waals surface area contributed by atoms with Gasteiger partial charge in [0, 0.05) is 43.7 Å². The highest BCUT2D eigenvalue weighted by molar-refractivity contribution is 6.11. The van der Waals surface area contributed by atoms with E-state index in [1.165, 1.54) is 10.9 Å².